The van der Waals surface area contributed by atoms with E-state index in [4.69, 9.17) is 24.7 Å². The van der Waals surface area contributed by atoms with Crippen LogP contribution in [0.4, 0.5) is 16.4 Å². The molecular formula is C29H28N6O5. The average Bonchev–Trinajstić information content (AvgIpc) is 2.92. The standard InChI is InChI=1S/C29H28N6O5/c1-29(2,3)40-28(36)35-27-23(7-6-8-32-27)39-17-9-16(13-31-14-17)21-10-18-19-11-24(37-4)25(38-5)12-22(19)33-15-20(18)26(30)34-21/h6-15H,1-5H3,(H2,30,34)(H,32,35,36). The van der Waals surface area contributed by atoms with Gasteiger partial charge >= 0.3 is 6.09 Å². The van der Waals surface area contributed by atoms with Gasteiger partial charge in [0.05, 0.1) is 31.6 Å². The molecule has 40 heavy (non-hydrogen) atoms. The first-order chi connectivity index (χ1) is 19.1. The van der Waals surface area contributed by atoms with Crippen LogP contribution in [-0.4, -0.2) is 45.8 Å². The minimum Gasteiger partial charge on any atom is -0.493 e. The third-order valence-corrected chi connectivity index (χ3v) is 5.84. The number of hydrogen-bond donors (Lipinski definition) is 2. The van der Waals surface area contributed by atoms with Gasteiger partial charge in [-0.2, -0.15) is 0 Å². The lowest BCUT2D eigenvalue weighted by molar-refractivity contribution is 0.0634. The predicted octanol–water partition coefficient (Wildman–Crippen LogP) is 5.98. The second kappa shape index (κ2) is 10.5. The topological polar surface area (TPSA) is 144 Å². The molecule has 5 rings (SSSR count). The number of methoxy groups -OCH3 is 2. The van der Waals surface area contributed by atoms with Gasteiger partial charge < -0.3 is 24.7 Å². The van der Waals surface area contributed by atoms with Crippen molar-refractivity contribution in [2.45, 2.75) is 26.4 Å². The third kappa shape index (κ3) is 5.48. The summed E-state index contributed by atoms with van der Waals surface area (Å²) in [4.78, 5) is 30.0. The number of nitrogens with two attached hydrogens (primary N) is 1. The van der Waals surface area contributed by atoms with Crippen LogP contribution in [0.15, 0.2) is 61.2 Å². The number of ether oxygens (including phenoxy) is 4. The molecule has 0 aliphatic carbocycles. The second-order valence-electron chi connectivity index (χ2n) is 9.82. The van der Waals surface area contributed by atoms with Crippen molar-refractivity contribution in [1.29, 1.82) is 0 Å². The highest BCUT2D eigenvalue weighted by Crippen LogP contribution is 2.37. The Labute approximate surface area is 230 Å². The molecule has 5 aromatic rings. The number of amides is 1. The van der Waals surface area contributed by atoms with Crippen molar-refractivity contribution in [2.24, 2.45) is 0 Å². The maximum absolute atomic E-state index is 12.3. The van der Waals surface area contributed by atoms with E-state index in [-0.39, 0.29) is 5.82 Å². The molecule has 4 heterocycles. The van der Waals surface area contributed by atoms with E-state index in [1.807, 2.05) is 18.2 Å². The Morgan fingerprint density at radius 3 is 2.42 bits per heavy atom. The highest BCUT2D eigenvalue weighted by Gasteiger charge is 2.19. The van der Waals surface area contributed by atoms with Crippen molar-refractivity contribution in [1.82, 2.24) is 19.9 Å². The van der Waals surface area contributed by atoms with Gasteiger partial charge in [-0.1, -0.05) is 0 Å². The summed E-state index contributed by atoms with van der Waals surface area (Å²) in [5, 5.41) is 5.01. The van der Waals surface area contributed by atoms with Gasteiger partial charge in [0.15, 0.2) is 23.1 Å². The van der Waals surface area contributed by atoms with Crippen molar-refractivity contribution in [3.05, 3.63) is 61.2 Å². The van der Waals surface area contributed by atoms with Crippen molar-refractivity contribution in [3.8, 4) is 34.3 Å². The highest BCUT2D eigenvalue weighted by molar-refractivity contribution is 6.10. The molecule has 0 saturated heterocycles. The zero-order valence-corrected chi connectivity index (χ0v) is 22.7. The first-order valence-electron chi connectivity index (χ1n) is 12.3. The van der Waals surface area contributed by atoms with Gasteiger partial charge in [-0.05, 0) is 56.5 Å². The fourth-order valence-electron chi connectivity index (χ4n) is 4.11. The maximum Gasteiger partial charge on any atom is 0.413 e. The number of nitrogens with zero attached hydrogens (tertiary/aromatic N) is 4. The quantitative estimate of drug-likeness (QED) is 0.247. The molecule has 0 saturated carbocycles. The van der Waals surface area contributed by atoms with Crippen LogP contribution in [0.1, 0.15) is 20.8 Å². The summed E-state index contributed by atoms with van der Waals surface area (Å²) in [5.74, 6) is 2.40. The fourth-order valence-corrected chi connectivity index (χ4v) is 4.11. The molecular weight excluding hydrogens is 512 g/mol. The number of aromatic nitrogens is 4. The van der Waals surface area contributed by atoms with Crippen LogP contribution in [-0.2, 0) is 4.74 Å². The number of nitrogen functional groups attached to an aromatic ring is 1. The van der Waals surface area contributed by atoms with Gasteiger partial charge in [-0.25, -0.2) is 14.8 Å². The Hall–Kier alpha value is -5.19. The van der Waals surface area contributed by atoms with Crippen molar-refractivity contribution in [2.75, 3.05) is 25.3 Å². The fraction of sp³-hybridized carbons (Fsp3) is 0.207. The lowest BCUT2D eigenvalue weighted by Crippen LogP contribution is -2.27. The highest BCUT2D eigenvalue weighted by atomic mass is 16.6. The molecule has 0 aliphatic rings. The molecule has 4 aromatic heterocycles. The van der Waals surface area contributed by atoms with Crippen molar-refractivity contribution < 1.29 is 23.7 Å². The molecule has 204 valence electrons. The molecule has 11 heteroatoms. The van der Waals surface area contributed by atoms with Crippen LogP contribution < -0.4 is 25.3 Å². The number of pyridine rings is 4. The molecule has 1 amide bonds. The van der Waals surface area contributed by atoms with E-state index in [2.05, 4.69) is 25.3 Å². The van der Waals surface area contributed by atoms with E-state index >= 15 is 0 Å². The third-order valence-electron chi connectivity index (χ3n) is 5.84. The molecule has 1 aromatic carbocycles. The number of anilines is 2. The van der Waals surface area contributed by atoms with E-state index in [1.54, 1.807) is 78.0 Å². The van der Waals surface area contributed by atoms with E-state index in [1.165, 1.54) is 0 Å². The van der Waals surface area contributed by atoms with Crippen LogP contribution >= 0.6 is 0 Å². The summed E-state index contributed by atoms with van der Waals surface area (Å²) >= 11 is 0. The summed E-state index contributed by atoms with van der Waals surface area (Å²) in [5.41, 5.74) is 7.68. The van der Waals surface area contributed by atoms with E-state index in [0.717, 1.165) is 16.3 Å². The predicted molar refractivity (Wildman–Crippen MR) is 152 cm³/mol. The van der Waals surface area contributed by atoms with E-state index < -0.39 is 11.7 Å². The number of rotatable bonds is 6. The Morgan fingerprint density at radius 1 is 0.900 bits per heavy atom. The number of hydrogen-bond acceptors (Lipinski definition) is 10. The number of carbonyl (C=O) groups is 1. The minimum atomic E-state index is -0.661. The Bertz CT molecular complexity index is 1730. The van der Waals surface area contributed by atoms with Crippen molar-refractivity contribution >= 4 is 39.4 Å². The Kier molecular flexibility index (Phi) is 6.95. The normalized spacial score (nSPS) is 11.3. The molecule has 0 spiro atoms. The first kappa shape index (κ1) is 26.4. The van der Waals surface area contributed by atoms with Crippen LogP contribution in [0.25, 0.3) is 32.9 Å². The average molecular weight is 541 g/mol. The van der Waals surface area contributed by atoms with Gasteiger partial charge in [0.25, 0.3) is 0 Å². The number of benzene rings is 1. The number of carbonyl (C=O) groups excluding carboxylic acids is 1. The lowest BCUT2D eigenvalue weighted by atomic mass is 10.0. The van der Waals surface area contributed by atoms with Crippen LogP contribution in [0, 0.1) is 0 Å². The smallest absolute Gasteiger partial charge is 0.413 e. The molecule has 0 fully saturated rings. The SMILES string of the molecule is COc1cc2ncc3c(N)nc(-c4cncc(Oc5cccnc5NC(=O)OC(C)(C)C)c4)cc3c2cc1OC. The molecule has 0 radical (unpaired) electrons. The molecule has 11 nitrogen and oxygen atoms in total. The van der Waals surface area contributed by atoms with Gasteiger partial charge in [0.2, 0.25) is 0 Å². The largest absolute Gasteiger partial charge is 0.493 e. The first-order valence-corrected chi connectivity index (χ1v) is 12.3. The minimum absolute atomic E-state index is 0.207. The Morgan fingerprint density at radius 2 is 1.68 bits per heavy atom. The number of fused-ring (bicyclic) bond motifs is 3. The Balaban J connectivity index is 1.51. The molecule has 0 aliphatic heterocycles. The summed E-state index contributed by atoms with van der Waals surface area (Å²) in [6.45, 7) is 5.33. The van der Waals surface area contributed by atoms with Gasteiger partial charge in [0, 0.05) is 41.0 Å². The monoisotopic (exact) mass is 540 g/mol. The zero-order valence-electron chi connectivity index (χ0n) is 22.7. The van der Waals surface area contributed by atoms with Crippen molar-refractivity contribution in [3.63, 3.8) is 0 Å². The van der Waals surface area contributed by atoms with E-state index in [9.17, 15) is 4.79 Å². The van der Waals surface area contributed by atoms with Gasteiger partial charge in [-0.3, -0.25) is 15.3 Å². The van der Waals surface area contributed by atoms with Crippen LogP contribution in [0.3, 0.4) is 0 Å². The summed E-state index contributed by atoms with van der Waals surface area (Å²) in [7, 11) is 3.16. The van der Waals surface area contributed by atoms with Crippen LogP contribution in [0.2, 0.25) is 0 Å². The molecule has 0 atom stereocenters. The second-order valence-corrected chi connectivity index (χ2v) is 9.82. The lowest BCUT2D eigenvalue weighted by Gasteiger charge is -2.20. The summed E-state index contributed by atoms with van der Waals surface area (Å²) in [6, 6.07) is 10.8. The van der Waals surface area contributed by atoms with Gasteiger partial charge in [-0.15, -0.1) is 0 Å². The molecule has 3 N–H and O–H groups in total. The zero-order chi connectivity index (χ0) is 28.4. The number of nitrogens with one attached hydrogen (secondary N) is 1. The molecule has 0 unspecified atom stereocenters. The summed E-state index contributed by atoms with van der Waals surface area (Å²) in [6.07, 6.45) is 5.80. The van der Waals surface area contributed by atoms with Crippen LogP contribution in [0.5, 0.6) is 23.0 Å². The summed E-state index contributed by atoms with van der Waals surface area (Å²) < 4.78 is 22.3. The van der Waals surface area contributed by atoms with E-state index in [0.29, 0.717) is 45.5 Å². The van der Waals surface area contributed by atoms with Gasteiger partial charge in [0.1, 0.15) is 17.2 Å². The molecule has 0 bridgehead atoms. The maximum atomic E-state index is 12.3.